The van der Waals surface area contributed by atoms with E-state index in [9.17, 15) is 0 Å². The molecular weight excluding hydrogens is 144 g/mol. The zero-order valence-corrected chi connectivity index (χ0v) is 8.69. The zero-order chi connectivity index (χ0) is 8.69. The Labute approximate surface area is 79.8 Å². The Balaban J connectivity index is 0. The van der Waals surface area contributed by atoms with Gasteiger partial charge in [-0.15, -0.1) is 0 Å². The molecule has 2 atom stereocenters. The Bertz CT molecular complexity index is 76.1. The Morgan fingerprint density at radius 3 is 1.92 bits per heavy atom. The van der Waals surface area contributed by atoms with E-state index < -0.39 is 0 Å². The smallest absolute Gasteiger partial charge is 0.0391 e. The van der Waals surface area contributed by atoms with Gasteiger partial charge in [-0.05, 0) is 11.8 Å². The van der Waals surface area contributed by atoms with Crippen LogP contribution >= 0.6 is 0 Å². The molecule has 0 N–H and O–H groups in total. The number of hydrogen-bond donors (Lipinski definition) is 0. The molecule has 0 bridgehead atoms. The van der Waals surface area contributed by atoms with Gasteiger partial charge in [-0.2, -0.15) is 0 Å². The number of hydrogen-bond acceptors (Lipinski definition) is 0. The summed E-state index contributed by atoms with van der Waals surface area (Å²) in [7, 11) is 0. The SMILES string of the molecule is C.CC.CCC1CCCCC1C. The molecule has 0 aromatic carbocycles. The molecule has 0 spiro atoms. The average molecular weight is 172 g/mol. The van der Waals surface area contributed by atoms with Crippen LogP contribution in [0.25, 0.3) is 0 Å². The summed E-state index contributed by atoms with van der Waals surface area (Å²) in [6.07, 6.45) is 7.36. The lowest BCUT2D eigenvalue weighted by atomic mass is 9.79. The van der Waals surface area contributed by atoms with Crippen molar-refractivity contribution in [1.82, 2.24) is 0 Å². The first-order chi connectivity index (χ1) is 5.34. The molecule has 0 aliphatic heterocycles. The van der Waals surface area contributed by atoms with Crippen LogP contribution in [0.5, 0.6) is 0 Å². The Hall–Kier alpha value is 0. The van der Waals surface area contributed by atoms with E-state index in [1.54, 1.807) is 0 Å². The highest BCUT2D eigenvalue weighted by atomic mass is 14.2. The van der Waals surface area contributed by atoms with E-state index in [1.165, 1.54) is 32.1 Å². The molecule has 1 aliphatic rings. The topological polar surface area (TPSA) is 0 Å². The van der Waals surface area contributed by atoms with Crippen molar-refractivity contribution in [2.45, 2.75) is 67.2 Å². The van der Waals surface area contributed by atoms with Crippen LogP contribution in [0.3, 0.4) is 0 Å². The molecule has 0 nitrogen and oxygen atoms in total. The second-order valence-electron chi connectivity index (χ2n) is 3.43. The maximum Gasteiger partial charge on any atom is -0.0391 e. The predicted octanol–water partition coefficient (Wildman–Crippen LogP) is 4.89. The van der Waals surface area contributed by atoms with Crippen molar-refractivity contribution in [3.63, 3.8) is 0 Å². The van der Waals surface area contributed by atoms with Crippen LogP contribution < -0.4 is 0 Å². The highest BCUT2D eigenvalue weighted by molar-refractivity contribution is 4.70. The fraction of sp³-hybridized carbons (Fsp3) is 1.00. The summed E-state index contributed by atoms with van der Waals surface area (Å²) in [5.41, 5.74) is 0. The first-order valence-corrected chi connectivity index (χ1v) is 5.34. The quantitative estimate of drug-likeness (QED) is 0.528. The largest absolute Gasteiger partial charge is 0.0776 e. The van der Waals surface area contributed by atoms with Gasteiger partial charge in [0.15, 0.2) is 0 Å². The molecule has 0 amide bonds. The molecule has 1 saturated carbocycles. The first-order valence-electron chi connectivity index (χ1n) is 5.34. The third kappa shape index (κ3) is 4.79. The molecule has 1 rings (SSSR count). The lowest BCUT2D eigenvalue weighted by molar-refractivity contribution is 0.249. The van der Waals surface area contributed by atoms with E-state index in [1.807, 2.05) is 13.8 Å². The Morgan fingerprint density at radius 1 is 1.08 bits per heavy atom. The summed E-state index contributed by atoms with van der Waals surface area (Å²) >= 11 is 0. The second-order valence-corrected chi connectivity index (χ2v) is 3.43. The first kappa shape index (κ1) is 14.5. The minimum absolute atomic E-state index is 0. The number of rotatable bonds is 1. The third-order valence-electron chi connectivity index (χ3n) is 2.81. The molecule has 1 aliphatic carbocycles. The monoisotopic (exact) mass is 172 g/mol. The van der Waals surface area contributed by atoms with Crippen LogP contribution in [-0.4, -0.2) is 0 Å². The molecule has 0 heteroatoms. The molecule has 0 saturated heterocycles. The van der Waals surface area contributed by atoms with Gasteiger partial charge in [-0.25, -0.2) is 0 Å². The van der Waals surface area contributed by atoms with Crippen molar-refractivity contribution in [2.75, 3.05) is 0 Å². The van der Waals surface area contributed by atoms with Crippen molar-refractivity contribution < 1.29 is 0 Å². The summed E-state index contributed by atoms with van der Waals surface area (Å²) < 4.78 is 0. The van der Waals surface area contributed by atoms with Crippen LogP contribution in [0, 0.1) is 11.8 Å². The molecule has 1 fully saturated rings. The minimum Gasteiger partial charge on any atom is -0.0776 e. The van der Waals surface area contributed by atoms with Gasteiger partial charge in [0.2, 0.25) is 0 Å². The fourth-order valence-corrected chi connectivity index (χ4v) is 2.00. The van der Waals surface area contributed by atoms with Gasteiger partial charge in [0.1, 0.15) is 0 Å². The van der Waals surface area contributed by atoms with Gasteiger partial charge in [0, 0.05) is 0 Å². The van der Waals surface area contributed by atoms with Gasteiger partial charge in [-0.3, -0.25) is 0 Å². The molecule has 2 unspecified atom stereocenters. The van der Waals surface area contributed by atoms with Gasteiger partial charge in [0.25, 0.3) is 0 Å². The standard InChI is InChI=1S/C9H18.C2H6.CH4/c1-3-9-7-5-4-6-8(9)2;1-2;/h8-9H,3-7H2,1-2H3;1-2H3;1H4. The fourth-order valence-electron chi connectivity index (χ4n) is 2.00. The van der Waals surface area contributed by atoms with Gasteiger partial charge in [-0.1, -0.05) is 67.2 Å². The summed E-state index contributed by atoms with van der Waals surface area (Å²) in [5, 5.41) is 0. The minimum atomic E-state index is 0. The maximum atomic E-state index is 2.41. The summed E-state index contributed by atoms with van der Waals surface area (Å²) in [6, 6.07) is 0. The highest BCUT2D eigenvalue weighted by Crippen LogP contribution is 2.31. The molecule has 0 aromatic rings. The van der Waals surface area contributed by atoms with Gasteiger partial charge in [0.05, 0.1) is 0 Å². The molecular formula is C12H28. The van der Waals surface area contributed by atoms with Crippen molar-refractivity contribution >= 4 is 0 Å². The van der Waals surface area contributed by atoms with Crippen molar-refractivity contribution in [3.8, 4) is 0 Å². The van der Waals surface area contributed by atoms with Crippen LogP contribution in [0.1, 0.15) is 67.2 Å². The van der Waals surface area contributed by atoms with Crippen molar-refractivity contribution in [1.29, 1.82) is 0 Å². The molecule has 0 heterocycles. The lowest BCUT2D eigenvalue weighted by Crippen LogP contribution is -2.15. The maximum absolute atomic E-state index is 2.41. The molecule has 12 heavy (non-hydrogen) atoms. The second kappa shape index (κ2) is 9.09. The van der Waals surface area contributed by atoms with E-state index in [0.29, 0.717) is 0 Å². The third-order valence-corrected chi connectivity index (χ3v) is 2.81. The average Bonchev–Trinajstić information content (AvgIpc) is 2.09. The molecule has 0 aromatic heterocycles. The van der Waals surface area contributed by atoms with Crippen LogP contribution in [0.15, 0.2) is 0 Å². The molecule has 76 valence electrons. The summed E-state index contributed by atoms with van der Waals surface area (Å²) in [5.74, 6) is 2.07. The molecule has 0 radical (unpaired) electrons. The van der Waals surface area contributed by atoms with Crippen LogP contribution in [-0.2, 0) is 0 Å². The summed E-state index contributed by atoms with van der Waals surface area (Å²) in [6.45, 7) is 8.74. The highest BCUT2D eigenvalue weighted by Gasteiger charge is 2.18. The van der Waals surface area contributed by atoms with E-state index in [4.69, 9.17) is 0 Å². The zero-order valence-electron chi connectivity index (χ0n) is 8.69. The van der Waals surface area contributed by atoms with E-state index >= 15 is 0 Å². The van der Waals surface area contributed by atoms with Crippen LogP contribution in [0.2, 0.25) is 0 Å². The van der Waals surface area contributed by atoms with Crippen molar-refractivity contribution in [2.24, 2.45) is 11.8 Å². The Kier molecular flexibility index (Phi) is 11.0. The van der Waals surface area contributed by atoms with Gasteiger partial charge >= 0.3 is 0 Å². The van der Waals surface area contributed by atoms with E-state index in [0.717, 1.165) is 11.8 Å². The summed E-state index contributed by atoms with van der Waals surface area (Å²) in [4.78, 5) is 0. The normalized spacial score (nSPS) is 28.0. The van der Waals surface area contributed by atoms with E-state index in [-0.39, 0.29) is 7.43 Å². The van der Waals surface area contributed by atoms with Crippen molar-refractivity contribution in [3.05, 3.63) is 0 Å². The van der Waals surface area contributed by atoms with Crippen LogP contribution in [0.4, 0.5) is 0 Å². The lowest BCUT2D eigenvalue weighted by Gasteiger charge is -2.27. The Morgan fingerprint density at radius 2 is 1.58 bits per heavy atom. The van der Waals surface area contributed by atoms with Gasteiger partial charge < -0.3 is 0 Å². The van der Waals surface area contributed by atoms with E-state index in [2.05, 4.69) is 13.8 Å². The predicted molar refractivity (Wildman–Crippen MR) is 59.5 cm³/mol.